The van der Waals surface area contributed by atoms with E-state index in [1.54, 1.807) is 11.3 Å². The number of halogens is 1. The second-order valence-corrected chi connectivity index (χ2v) is 8.14. The molecule has 1 N–H and O–H groups in total. The van der Waals surface area contributed by atoms with Crippen LogP contribution in [0.15, 0.2) is 12.1 Å². The van der Waals surface area contributed by atoms with Crippen LogP contribution in [0.3, 0.4) is 0 Å². The Labute approximate surface area is 130 Å². The van der Waals surface area contributed by atoms with Crippen LogP contribution in [0.4, 0.5) is 0 Å². The molecule has 0 aromatic carbocycles. The second kappa shape index (κ2) is 6.32. The van der Waals surface area contributed by atoms with Gasteiger partial charge in [0, 0.05) is 42.6 Å². The average Bonchev–Trinajstić information content (AvgIpc) is 3.00. The third-order valence-corrected chi connectivity index (χ3v) is 5.40. The molecule has 0 radical (unpaired) electrons. The van der Waals surface area contributed by atoms with E-state index in [1.807, 2.05) is 6.07 Å². The molecule has 0 bridgehead atoms. The SMILES string of the molecule is CN(Cc1ccc(Cl)s1)CC1(CNC2CC2)CCOC1. The zero-order valence-corrected chi connectivity index (χ0v) is 13.6. The highest BCUT2D eigenvalue weighted by atomic mass is 35.5. The van der Waals surface area contributed by atoms with Crippen molar-refractivity contribution in [3.05, 3.63) is 21.3 Å². The third-order valence-electron chi connectivity index (χ3n) is 4.19. The molecular formula is C15H23ClN2OS. The summed E-state index contributed by atoms with van der Waals surface area (Å²) in [4.78, 5) is 3.74. The van der Waals surface area contributed by atoms with Gasteiger partial charge in [0.1, 0.15) is 0 Å². The molecule has 1 aliphatic heterocycles. The molecule has 1 atom stereocenters. The average molecular weight is 315 g/mol. The van der Waals surface area contributed by atoms with E-state index in [1.165, 1.54) is 24.1 Å². The van der Waals surface area contributed by atoms with Gasteiger partial charge >= 0.3 is 0 Å². The molecule has 0 amide bonds. The minimum absolute atomic E-state index is 0.290. The lowest BCUT2D eigenvalue weighted by atomic mass is 9.86. The number of nitrogens with zero attached hydrogens (tertiary/aromatic N) is 1. The van der Waals surface area contributed by atoms with E-state index in [0.29, 0.717) is 5.41 Å². The highest BCUT2D eigenvalue weighted by Crippen LogP contribution is 2.31. The largest absolute Gasteiger partial charge is 0.381 e. The molecule has 1 saturated heterocycles. The Balaban J connectivity index is 1.54. The van der Waals surface area contributed by atoms with Gasteiger partial charge in [-0.05, 0) is 38.4 Å². The molecule has 1 unspecified atom stereocenters. The summed E-state index contributed by atoms with van der Waals surface area (Å²) in [7, 11) is 2.20. The summed E-state index contributed by atoms with van der Waals surface area (Å²) in [5.41, 5.74) is 0.290. The lowest BCUT2D eigenvalue weighted by Gasteiger charge is -2.32. The first kappa shape index (κ1) is 14.8. The highest BCUT2D eigenvalue weighted by molar-refractivity contribution is 7.16. The molecular weight excluding hydrogens is 292 g/mol. The summed E-state index contributed by atoms with van der Waals surface area (Å²) >= 11 is 7.68. The smallest absolute Gasteiger partial charge is 0.0931 e. The minimum Gasteiger partial charge on any atom is -0.381 e. The summed E-state index contributed by atoms with van der Waals surface area (Å²) in [5.74, 6) is 0. The first-order chi connectivity index (χ1) is 9.65. The predicted octanol–water partition coefficient (Wildman–Crippen LogP) is 2.99. The van der Waals surface area contributed by atoms with E-state index in [9.17, 15) is 0 Å². The molecule has 3 rings (SSSR count). The zero-order valence-electron chi connectivity index (χ0n) is 12.0. The summed E-state index contributed by atoms with van der Waals surface area (Å²) < 4.78 is 6.56. The van der Waals surface area contributed by atoms with Crippen LogP contribution in [-0.4, -0.2) is 44.3 Å². The van der Waals surface area contributed by atoms with Crippen LogP contribution in [0.5, 0.6) is 0 Å². The standard InChI is InChI=1S/C15H23ClN2OS/c1-18(8-13-4-5-14(16)20-13)10-15(6-7-19-11-15)9-17-12-2-3-12/h4-5,12,17H,2-3,6-11H2,1H3. The number of rotatable bonds is 7. The number of nitrogens with one attached hydrogen (secondary N) is 1. The van der Waals surface area contributed by atoms with Crippen molar-refractivity contribution in [3.8, 4) is 0 Å². The fraction of sp³-hybridized carbons (Fsp3) is 0.733. The molecule has 112 valence electrons. The van der Waals surface area contributed by atoms with Gasteiger partial charge in [-0.3, -0.25) is 0 Å². The molecule has 1 saturated carbocycles. The van der Waals surface area contributed by atoms with Crippen molar-refractivity contribution < 1.29 is 4.74 Å². The molecule has 1 aromatic heterocycles. The predicted molar refractivity (Wildman–Crippen MR) is 84.6 cm³/mol. The number of thiophene rings is 1. The van der Waals surface area contributed by atoms with Gasteiger partial charge in [0.15, 0.2) is 0 Å². The van der Waals surface area contributed by atoms with Gasteiger partial charge in [-0.2, -0.15) is 0 Å². The number of ether oxygens (including phenoxy) is 1. The molecule has 20 heavy (non-hydrogen) atoms. The van der Waals surface area contributed by atoms with E-state index >= 15 is 0 Å². The van der Waals surface area contributed by atoms with Crippen molar-refractivity contribution in [2.75, 3.05) is 33.4 Å². The van der Waals surface area contributed by atoms with Gasteiger partial charge in [-0.25, -0.2) is 0 Å². The maximum absolute atomic E-state index is 6.00. The van der Waals surface area contributed by atoms with E-state index < -0.39 is 0 Å². The lowest BCUT2D eigenvalue weighted by molar-refractivity contribution is 0.116. The monoisotopic (exact) mass is 314 g/mol. The van der Waals surface area contributed by atoms with E-state index in [2.05, 4.69) is 23.3 Å². The fourth-order valence-electron chi connectivity index (χ4n) is 2.95. The van der Waals surface area contributed by atoms with Crippen molar-refractivity contribution >= 4 is 22.9 Å². The Morgan fingerprint density at radius 3 is 2.95 bits per heavy atom. The van der Waals surface area contributed by atoms with Crippen LogP contribution in [0, 0.1) is 5.41 Å². The molecule has 2 heterocycles. The van der Waals surface area contributed by atoms with Crippen molar-refractivity contribution in [2.24, 2.45) is 5.41 Å². The highest BCUT2D eigenvalue weighted by Gasteiger charge is 2.37. The van der Waals surface area contributed by atoms with Crippen molar-refractivity contribution in [1.29, 1.82) is 0 Å². The van der Waals surface area contributed by atoms with Crippen LogP contribution in [0.2, 0.25) is 4.34 Å². The summed E-state index contributed by atoms with van der Waals surface area (Å²) in [6.07, 6.45) is 3.86. The third kappa shape index (κ3) is 3.95. The van der Waals surface area contributed by atoms with Gasteiger partial charge < -0.3 is 15.0 Å². The Morgan fingerprint density at radius 2 is 2.35 bits per heavy atom. The minimum atomic E-state index is 0.290. The normalized spacial score (nSPS) is 26.6. The summed E-state index contributed by atoms with van der Waals surface area (Å²) in [6.45, 7) is 4.95. The number of hydrogen-bond acceptors (Lipinski definition) is 4. The summed E-state index contributed by atoms with van der Waals surface area (Å²) in [5, 5.41) is 3.69. The van der Waals surface area contributed by atoms with Crippen molar-refractivity contribution in [3.63, 3.8) is 0 Å². The van der Waals surface area contributed by atoms with Gasteiger partial charge in [0.25, 0.3) is 0 Å². The maximum atomic E-state index is 6.00. The van der Waals surface area contributed by atoms with Gasteiger partial charge in [-0.1, -0.05) is 11.6 Å². The molecule has 5 heteroatoms. The maximum Gasteiger partial charge on any atom is 0.0931 e. The topological polar surface area (TPSA) is 24.5 Å². The quantitative estimate of drug-likeness (QED) is 0.837. The first-order valence-corrected chi connectivity index (χ1v) is 8.59. The van der Waals surface area contributed by atoms with Crippen LogP contribution in [0.1, 0.15) is 24.1 Å². The van der Waals surface area contributed by atoms with Crippen LogP contribution >= 0.6 is 22.9 Å². The van der Waals surface area contributed by atoms with E-state index in [0.717, 1.165) is 43.2 Å². The van der Waals surface area contributed by atoms with Crippen LogP contribution in [0.25, 0.3) is 0 Å². The van der Waals surface area contributed by atoms with Crippen LogP contribution < -0.4 is 5.32 Å². The van der Waals surface area contributed by atoms with Crippen LogP contribution in [-0.2, 0) is 11.3 Å². The Morgan fingerprint density at radius 1 is 1.50 bits per heavy atom. The van der Waals surface area contributed by atoms with E-state index in [-0.39, 0.29) is 0 Å². The Bertz CT molecular complexity index is 441. The molecule has 1 aromatic rings. The lowest BCUT2D eigenvalue weighted by Crippen LogP contribution is -2.44. The van der Waals surface area contributed by atoms with Crippen molar-refractivity contribution in [2.45, 2.75) is 31.8 Å². The molecule has 3 nitrogen and oxygen atoms in total. The molecule has 2 fully saturated rings. The zero-order chi connectivity index (χ0) is 14.0. The Hall–Kier alpha value is -0.130. The summed E-state index contributed by atoms with van der Waals surface area (Å²) in [6, 6.07) is 4.89. The van der Waals surface area contributed by atoms with Gasteiger partial charge in [0.2, 0.25) is 0 Å². The van der Waals surface area contributed by atoms with E-state index in [4.69, 9.17) is 16.3 Å². The molecule has 1 aliphatic carbocycles. The first-order valence-electron chi connectivity index (χ1n) is 7.39. The van der Waals surface area contributed by atoms with Gasteiger partial charge in [0.05, 0.1) is 10.9 Å². The fourth-order valence-corrected chi connectivity index (χ4v) is 4.12. The molecule has 0 spiro atoms. The Kier molecular flexibility index (Phi) is 4.68. The molecule has 2 aliphatic rings. The van der Waals surface area contributed by atoms with Gasteiger partial charge in [-0.15, -0.1) is 11.3 Å². The van der Waals surface area contributed by atoms with Crippen molar-refractivity contribution in [1.82, 2.24) is 10.2 Å². The second-order valence-electron chi connectivity index (χ2n) is 6.34. The number of hydrogen-bond donors (Lipinski definition) is 1.